The van der Waals surface area contributed by atoms with Gasteiger partial charge in [0, 0.05) is 18.7 Å². The third kappa shape index (κ3) is 6.80. The number of sulfonamides is 1. The topological polar surface area (TPSA) is 86.8 Å². The molecule has 0 bridgehead atoms. The molecule has 0 aliphatic carbocycles. The van der Waals surface area contributed by atoms with Gasteiger partial charge >= 0.3 is 0 Å². The Morgan fingerprint density at radius 1 is 0.973 bits per heavy atom. The molecule has 0 fully saturated rings. The lowest BCUT2D eigenvalue weighted by Gasteiger charge is -2.32. The first-order valence-corrected chi connectivity index (χ1v) is 13.6. The van der Waals surface area contributed by atoms with Crippen molar-refractivity contribution in [3.8, 4) is 0 Å². The van der Waals surface area contributed by atoms with Gasteiger partial charge in [-0.1, -0.05) is 59.6 Å². The van der Waals surface area contributed by atoms with E-state index >= 15 is 0 Å². The minimum Gasteiger partial charge on any atom is -0.355 e. The van der Waals surface area contributed by atoms with Crippen LogP contribution in [0.25, 0.3) is 0 Å². The van der Waals surface area contributed by atoms with Crippen LogP contribution in [0.2, 0.25) is 10.0 Å². The number of rotatable bonds is 10. The zero-order chi connectivity index (χ0) is 27.2. The number of halogens is 3. The van der Waals surface area contributed by atoms with Gasteiger partial charge in [0.1, 0.15) is 18.4 Å². The first-order valence-electron chi connectivity index (χ1n) is 11.4. The van der Waals surface area contributed by atoms with Gasteiger partial charge in [-0.05, 0) is 50.2 Å². The maximum Gasteiger partial charge on any atom is 0.264 e. The second-order valence-electron chi connectivity index (χ2n) is 8.11. The van der Waals surface area contributed by atoms with E-state index in [2.05, 4.69) is 5.32 Å². The molecule has 0 aliphatic rings. The van der Waals surface area contributed by atoms with Crippen molar-refractivity contribution in [1.82, 2.24) is 10.2 Å². The molecule has 3 aromatic carbocycles. The van der Waals surface area contributed by atoms with Crippen LogP contribution in [0.3, 0.4) is 0 Å². The number of amides is 2. The normalized spacial score (nSPS) is 12.0. The van der Waals surface area contributed by atoms with E-state index in [1.165, 1.54) is 55.5 Å². The Labute approximate surface area is 225 Å². The number of hydrogen-bond acceptors (Lipinski definition) is 4. The summed E-state index contributed by atoms with van der Waals surface area (Å²) < 4.78 is 42.7. The highest BCUT2D eigenvalue weighted by molar-refractivity contribution is 7.92. The van der Waals surface area contributed by atoms with E-state index in [0.29, 0.717) is 6.54 Å². The fraction of sp³-hybridized carbons (Fsp3) is 0.231. The molecule has 11 heteroatoms. The molecule has 0 radical (unpaired) electrons. The fourth-order valence-electron chi connectivity index (χ4n) is 3.60. The Morgan fingerprint density at radius 2 is 1.62 bits per heavy atom. The van der Waals surface area contributed by atoms with Crippen molar-refractivity contribution in [2.24, 2.45) is 0 Å². The number of hydrogen-bond donors (Lipinski definition) is 1. The molecule has 1 N–H and O–H groups in total. The molecule has 0 saturated carbocycles. The zero-order valence-corrected chi connectivity index (χ0v) is 22.5. The Hall–Kier alpha value is -3.14. The van der Waals surface area contributed by atoms with Crippen molar-refractivity contribution >= 4 is 50.7 Å². The summed E-state index contributed by atoms with van der Waals surface area (Å²) in [7, 11) is -4.24. The third-order valence-electron chi connectivity index (χ3n) is 5.62. The standard InChI is InChI=1S/C26H26Cl2FN3O4S/c1-3-30-26(34)18(2)31(16-19-9-7-8-12-24(19)29)25(33)17-32(20-13-14-22(27)23(28)15-20)37(35,36)21-10-5-4-6-11-21/h4-15,18H,3,16-17H2,1-2H3,(H,30,34). The summed E-state index contributed by atoms with van der Waals surface area (Å²) in [5.41, 5.74) is 0.280. The van der Waals surface area contributed by atoms with Gasteiger partial charge in [-0.2, -0.15) is 0 Å². The highest BCUT2D eigenvalue weighted by Gasteiger charge is 2.33. The average Bonchev–Trinajstić information content (AvgIpc) is 2.88. The first-order chi connectivity index (χ1) is 17.6. The molecule has 3 aromatic rings. The van der Waals surface area contributed by atoms with Gasteiger partial charge in [0.15, 0.2) is 0 Å². The molecule has 0 heterocycles. The Morgan fingerprint density at radius 3 is 2.24 bits per heavy atom. The lowest BCUT2D eigenvalue weighted by Crippen LogP contribution is -2.51. The van der Waals surface area contributed by atoms with E-state index < -0.39 is 40.2 Å². The summed E-state index contributed by atoms with van der Waals surface area (Å²) in [5.74, 6) is -1.73. The number of likely N-dealkylation sites (N-methyl/N-ethyl adjacent to an activating group) is 1. The minimum atomic E-state index is -4.24. The van der Waals surface area contributed by atoms with Crippen LogP contribution in [0.5, 0.6) is 0 Å². The van der Waals surface area contributed by atoms with Crippen LogP contribution in [0.4, 0.5) is 10.1 Å². The molecule has 1 atom stereocenters. The number of anilines is 1. The van der Waals surface area contributed by atoms with E-state index in [4.69, 9.17) is 23.2 Å². The monoisotopic (exact) mass is 565 g/mol. The van der Waals surface area contributed by atoms with Crippen molar-refractivity contribution in [3.05, 3.63) is 94.2 Å². The highest BCUT2D eigenvalue weighted by atomic mass is 35.5. The van der Waals surface area contributed by atoms with Crippen LogP contribution >= 0.6 is 23.2 Å². The van der Waals surface area contributed by atoms with E-state index in [1.807, 2.05) is 0 Å². The second-order valence-corrected chi connectivity index (χ2v) is 10.8. The average molecular weight is 566 g/mol. The SMILES string of the molecule is CCNC(=O)C(C)N(Cc1ccccc1F)C(=O)CN(c1ccc(Cl)c(Cl)c1)S(=O)(=O)c1ccccc1. The summed E-state index contributed by atoms with van der Waals surface area (Å²) in [6.07, 6.45) is 0. The predicted octanol–water partition coefficient (Wildman–Crippen LogP) is 4.88. The fourth-order valence-corrected chi connectivity index (χ4v) is 5.32. The quantitative estimate of drug-likeness (QED) is 0.379. The molecular formula is C26H26Cl2FN3O4S. The van der Waals surface area contributed by atoms with E-state index in [9.17, 15) is 22.4 Å². The van der Waals surface area contributed by atoms with Gasteiger partial charge in [0.2, 0.25) is 11.8 Å². The predicted molar refractivity (Wildman–Crippen MR) is 143 cm³/mol. The van der Waals surface area contributed by atoms with Gasteiger partial charge in [-0.25, -0.2) is 12.8 Å². The van der Waals surface area contributed by atoms with Crippen LogP contribution in [-0.4, -0.2) is 44.3 Å². The number of carbonyl (C=O) groups is 2. The van der Waals surface area contributed by atoms with E-state index in [1.54, 1.807) is 31.2 Å². The molecule has 37 heavy (non-hydrogen) atoms. The number of carbonyl (C=O) groups excluding carboxylic acids is 2. The van der Waals surface area contributed by atoms with E-state index in [-0.39, 0.29) is 32.7 Å². The Kier molecular flexibility index (Phi) is 9.53. The summed E-state index contributed by atoms with van der Waals surface area (Å²) in [6, 6.07) is 16.6. The van der Waals surface area contributed by atoms with Gasteiger partial charge in [0.05, 0.1) is 20.6 Å². The van der Waals surface area contributed by atoms with Crippen LogP contribution in [0.15, 0.2) is 77.7 Å². The molecule has 2 amide bonds. The second kappa shape index (κ2) is 12.4. The molecule has 7 nitrogen and oxygen atoms in total. The smallest absolute Gasteiger partial charge is 0.264 e. The van der Waals surface area contributed by atoms with Crippen molar-refractivity contribution < 1.29 is 22.4 Å². The Balaban J connectivity index is 2.05. The first kappa shape index (κ1) is 28.4. The summed E-state index contributed by atoms with van der Waals surface area (Å²) in [4.78, 5) is 27.4. The molecule has 0 saturated heterocycles. The van der Waals surface area contributed by atoms with Crippen LogP contribution in [0.1, 0.15) is 19.4 Å². The largest absolute Gasteiger partial charge is 0.355 e. The van der Waals surface area contributed by atoms with Crippen LogP contribution < -0.4 is 9.62 Å². The van der Waals surface area contributed by atoms with Crippen molar-refractivity contribution in [1.29, 1.82) is 0 Å². The lowest BCUT2D eigenvalue weighted by molar-refractivity contribution is -0.139. The number of nitrogens with zero attached hydrogens (tertiary/aromatic N) is 2. The maximum atomic E-state index is 14.5. The van der Waals surface area contributed by atoms with Gasteiger partial charge in [0.25, 0.3) is 10.0 Å². The van der Waals surface area contributed by atoms with Crippen LogP contribution in [-0.2, 0) is 26.2 Å². The summed E-state index contributed by atoms with van der Waals surface area (Å²) >= 11 is 12.2. The lowest BCUT2D eigenvalue weighted by atomic mass is 10.1. The van der Waals surface area contributed by atoms with Gasteiger partial charge in [-0.3, -0.25) is 13.9 Å². The molecular weight excluding hydrogens is 540 g/mol. The summed E-state index contributed by atoms with van der Waals surface area (Å²) in [6.45, 7) is 2.63. The van der Waals surface area contributed by atoms with Crippen molar-refractivity contribution in [3.63, 3.8) is 0 Å². The minimum absolute atomic E-state index is 0.0497. The van der Waals surface area contributed by atoms with E-state index in [0.717, 1.165) is 9.21 Å². The van der Waals surface area contributed by atoms with Crippen molar-refractivity contribution in [2.75, 3.05) is 17.4 Å². The third-order valence-corrected chi connectivity index (χ3v) is 8.15. The molecule has 0 aliphatic heterocycles. The molecule has 3 rings (SSSR count). The molecule has 196 valence electrons. The number of nitrogens with one attached hydrogen (secondary N) is 1. The van der Waals surface area contributed by atoms with Gasteiger partial charge in [-0.15, -0.1) is 0 Å². The van der Waals surface area contributed by atoms with Crippen LogP contribution in [0, 0.1) is 5.82 Å². The molecule has 0 spiro atoms. The summed E-state index contributed by atoms with van der Waals surface area (Å²) in [5, 5.41) is 2.95. The Bertz CT molecular complexity index is 1370. The highest BCUT2D eigenvalue weighted by Crippen LogP contribution is 2.31. The zero-order valence-electron chi connectivity index (χ0n) is 20.2. The number of benzene rings is 3. The van der Waals surface area contributed by atoms with Crippen molar-refractivity contribution in [2.45, 2.75) is 31.3 Å². The molecule has 0 aromatic heterocycles. The molecule has 1 unspecified atom stereocenters. The maximum absolute atomic E-state index is 14.5. The van der Waals surface area contributed by atoms with Gasteiger partial charge < -0.3 is 10.2 Å².